The molecule has 0 aromatic heterocycles. The summed E-state index contributed by atoms with van der Waals surface area (Å²) in [7, 11) is 0. The minimum Gasteiger partial charge on any atom is -0.463 e. The van der Waals surface area contributed by atoms with Gasteiger partial charge in [-0.15, -0.1) is 0 Å². The molecule has 46 heavy (non-hydrogen) atoms. The van der Waals surface area contributed by atoms with Crippen molar-refractivity contribution in [3.63, 3.8) is 0 Å². The van der Waals surface area contributed by atoms with Crippen molar-refractivity contribution < 1.29 is 39.8 Å². The lowest BCUT2D eigenvalue weighted by molar-refractivity contribution is -0.147. The standard InChI is InChI=1S/C17H28O.C15H30O4.C6H14O3/c1-2-3-4-5-6-10-13-17(18)15-14-16-11-8-7-9-12-16;1-2-3-4-5-6-7-8-9-10-11-15(18)19-13-14(17)12-16;1-5(8)4-9-6(2)3-7/h7-9,11-12,17-18H,2-6,10,13-15H2,1H3;14,16-17H,2-13H2,1H3;5-8H,3-4H2,1-2H3. The lowest BCUT2D eigenvalue weighted by Gasteiger charge is -2.10. The highest BCUT2D eigenvalue weighted by molar-refractivity contribution is 5.69. The number of aryl methyl sites for hydroxylation is 1. The quantitative estimate of drug-likeness (QED) is 0.0492. The van der Waals surface area contributed by atoms with Gasteiger partial charge in [-0.3, -0.25) is 4.79 Å². The topological polar surface area (TPSA) is 137 Å². The Labute approximate surface area is 281 Å². The Morgan fingerprint density at radius 1 is 0.652 bits per heavy atom. The molecule has 0 fully saturated rings. The summed E-state index contributed by atoms with van der Waals surface area (Å²) in [6, 6.07) is 10.4. The van der Waals surface area contributed by atoms with Gasteiger partial charge in [-0.25, -0.2) is 0 Å². The van der Waals surface area contributed by atoms with Crippen molar-refractivity contribution in [2.24, 2.45) is 0 Å². The first-order valence-electron chi connectivity index (χ1n) is 18.3. The molecule has 0 aliphatic rings. The molecule has 0 heterocycles. The van der Waals surface area contributed by atoms with Gasteiger partial charge in [0.2, 0.25) is 0 Å². The van der Waals surface area contributed by atoms with Crippen LogP contribution >= 0.6 is 0 Å². The summed E-state index contributed by atoms with van der Waals surface area (Å²) in [6.07, 6.45) is 20.4. The van der Waals surface area contributed by atoms with E-state index in [4.69, 9.17) is 29.9 Å². The van der Waals surface area contributed by atoms with Gasteiger partial charge in [0, 0.05) is 6.42 Å². The highest BCUT2D eigenvalue weighted by Gasteiger charge is 2.07. The second kappa shape index (κ2) is 36.3. The van der Waals surface area contributed by atoms with Gasteiger partial charge < -0.3 is 35.0 Å². The van der Waals surface area contributed by atoms with Crippen LogP contribution in [-0.4, -0.2) is 82.3 Å². The molecule has 4 unspecified atom stereocenters. The van der Waals surface area contributed by atoms with Crippen LogP contribution in [0.3, 0.4) is 0 Å². The van der Waals surface area contributed by atoms with Crippen molar-refractivity contribution in [2.75, 3.05) is 26.4 Å². The van der Waals surface area contributed by atoms with Crippen molar-refractivity contribution in [3.8, 4) is 0 Å². The molecule has 0 saturated carbocycles. The predicted molar refractivity (Wildman–Crippen MR) is 189 cm³/mol. The lowest BCUT2D eigenvalue weighted by atomic mass is 10.0. The van der Waals surface area contributed by atoms with Crippen molar-refractivity contribution in [3.05, 3.63) is 35.9 Å². The molecule has 5 N–H and O–H groups in total. The molecule has 0 spiro atoms. The van der Waals surface area contributed by atoms with Gasteiger partial charge in [-0.05, 0) is 45.1 Å². The predicted octanol–water partition coefficient (Wildman–Crippen LogP) is 7.30. The van der Waals surface area contributed by atoms with Crippen LogP contribution in [0.4, 0.5) is 0 Å². The van der Waals surface area contributed by atoms with Crippen LogP contribution in [0.1, 0.15) is 149 Å². The molecule has 1 rings (SSSR count). The number of ether oxygens (including phenoxy) is 2. The third-order valence-electron chi connectivity index (χ3n) is 7.51. The van der Waals surface area contributed by atoms with Gasteiger partial charge in [-0.1, -0.05) is 134 Å². The van der Waals surface area contributed by atoms with E-state index in [1.807, 2.05) is 6.07 Å². The number of carbonyl (C=O) groups is 1. The molecule has 0 aliphatic heterocycles. The molecular formula is C38H72O8. The third-order valence-corrected chi connectivity index (χ3v) is 7.51. The zero-order valence-corrected chi connectivity index (χ0v) is 29.9. The fraction of sp³-hybridized carbons (Fsp3) is 0.816. The molecule has 272 valence electrons. The Morgan fingerprint density at radius 3 is 1.67 bits per heavy atom. The van der Waals surface area contributed by atoms with Crippen molar-refractivity contribution in [2.45, 2.75) is 174 Å². The number of aliphatic hydroxyl groups is 5. The van der Waals surface area contributed by atoms with Crippen LogP contribution in [0, 0.1) is 0 Å². The molecule has 0 aliphatic carbocycles. The Balaban J connectivity index is 0. The number of aliphatic hydroxyl groups excluding tert-OH is 5. The van der Waals surface area contributed by atoms with E-state index in [1.54, 1.807) is 13.8 Å². The van der Waals surface area contributed by atoms with E-state index >= 15 is 0 Å². The van der Waals surface area contributed by atoms with E-state index in [9.17, 15) is 9.90 Å². The second-order valence-corrected chi connectivity index (χ2v) is 12.5. The molecule has 0 saturated heterocycles. The third kappa shape index (κ3) is 36.9. The van der Waals surface area contributed by atoms with Gasteiger partial charge in [0.1, 0.15) is 12.7 Å². The maximum atomic E-state index is 11.3. The SMILES string of the molecule is CC(O)COC(C)CO.CCCCCCCCC(O)CCc1ccccc1.CCCCCCCCCCCC(=O)OCC(O)CO. The number of hydrogen-bond donors (Lipinski definition) is 5. The van der Waals surface area contributed by atoms with Gasteiger partial charge >= 0.3 is 5.97 Å². The normalized spacial score (nSPS) is 13.4. The summed E-state index contributed by atoms with van der Waals surface area (Å²) < 4.78 is 9.77. The minimum atomic E-state index is -0.952. The average molecular weight is 657 g/mol. The number of benzene rings is 1. The minimum absolute atomic E-state index is 0.00667. The Kier molecular flexibility index (Phi) is 36.7. The Bertz CT molecular complexity index is 731. The maximum Gasteiger partial charge on any atom is 0.305 e. The number of esters is 1. The van der Waals surface area contributed by atoms with Crippen LogP contribution in [0.15, 0.2) is 30.3 Å². The number of rotatable bonds is 27. The Hall–Kier alpha value is -1.55. The molecule has 0 radical (unpaired) electrons. The van der Waals surface area contributed by atoms with Crippen molar-refractivity contribution >= 4 is 5.97 Å². The highest BCUT2D eigenvalue weighted by Crippen LogP contribution is 2.13. The highest BCUT2D eigenvalue weighted by atomic mass is 16.5. The van der Waals surface area contributed by atoms with Gasteiger partial charge in [0.15, 0.2) is 0 Å². The van der Waals surface area contributed by atoms with Gasteiger partial charge in [0.05, 0.1) is 38.1 Å². The number of unbranched alkanes of at least 4 members (excludes halogenated alkanes) is 13. The zero-order chi connectivity index (χ0) is 34.7. The largest absolute Gasteiger partial charge is 0.463 e. The van der Waals surface area contributed by atoms with Crippen LogP contribution < -0.4 is 0 Å². The summed E-state index contributed by atoms with van der Waals surface area (Å²) in [6.45, 7) is 7.69. The molecule has 4 atom stereocenters. The monoisotopic (exact) mass is 657 g/mol. The van der Waals surface area contributed by atoms with Crippen molar-refractivity contribution in [1.82, 2.24) is 0 Å². The molecular weight excluding hydrogens is 584 g/mol. The van der Waals surface area contributed by atoms with Gasteiger partial charge in [-0.2, -0.15) is 0 Å². The van der Waals surface area contributed by atoms with E-state index in [2.05, 4.69) is 38.1 Å². The smallest absolute Gasteiger partial charge is 0.305 e. The van der Waals surface area contributed by atoms with E-state index in [0.29, 0.717) is 13.0 Å². The van der Waals surface area contributed by atoms with Crippen molar-refractivity contribution in [1.29, 1.82) is 0 Å². The molecule has 0 bridgehead atoms. The number of carbonyl (C=O) groups excluding carboxylic acids is 1. The van der Waals surface area contributed by atoms with Crippen LogP contribution in [-0.2, 0) is 20.7 Å². The first kappa shape index (κ1) is 46.6. The van der Waals surface area contributed by atoms with E-state index in [1.165, 1.54) is 89.0 Å². The molecule has 1 aromatic carbocycles. The molecule has 0 amide bonds. The van der Waals surface area contributed by atoms with E-state index in [-0.39, 0.29) is 38.0 Å². The van der Waals surface area contributed by atoms with E-state index < -0.39 is 12.2 Å². The first-order valence-corrected chi connectivity index (χ1v) is 18.3. The summed E-state index contributed by atoms with van der Waals surface area (Å²) in [5.41, 5.74) is 1.33. The summed E-state index contributed by atoms with van der Waals surface area (Å²) in [5.74, 6) is -0.282. The second-order valence-electron chi connectivity index (χ2n) is 12.5. The van der Waals surface area contributed by atoms with Crippen LogP contribution in [0.25, 0.3) is 0 Å². The fourth-order valence-corrected chi connectivity index (χ4v) is 4.53. The average Bonchev–Trinajstić information content (AvgIpc) is 3.06. The summed E-state index contributed by atoms with van der Waals surface area (Å²) in [5, 5.41) is 44.6. The molecule has 8 nitrogen and oxygen atoms in total. The van der Waals surface area contributed by atoms with Crippen LogP contribution in [0.5, 0.6) is 0 Å². The van der Waals surface area contributed by atoms with E-state index in [0.717, 1.165) is 32.1 Å². The maximum absolute atomic E-state index is 11.3. The summed E-state index contributed by atoms with van der Waals surface area (Å²) in [4.78, 5) is 11.3. The lowest BCUT2D eigenvalue weighted by Crippen LogP contribution is -2.21. The number of hydrogen-bond acceptors (Lipinski definition) is 8. The van der Waals surface area contributed by atoms with Crippen LogP contribution in [0.2, 0.25) is 0 Å². The van der Waals surface area contributed by atoms with Gasteiger partial charge in [0.25, 0.3) is 0 Å². The summed E-state index contributed by atoms with van der Waals surface area (Å²) >= 11 is 0. The first-order chi connectivity index (χ1) is 22.2. The molecule has 1 aromatic rings. The molecule has 8 heteroatoms. The fourth-order valence-electron chi connectivity index (χ4n) is 4.53. The Morgan fingerprint density at radius 2 is 1.17 bits per heavy atom. The zero-order valence-electron chi connectivity index (χ0n) is 29.9.